The fraction of sp³-hybridized carbons (Fsp3) is 0.286. The maximum Gasteiger partial charge on any atom is 0.239 e. The molecule has 11 heavy (non-hydrogen) atoms. The topological polar surface area (TPSA) is 56.9 Å². The average Bonchev–Trinajstić information content (AvgIpc) is 2.40. The van der Waals surface area contributed by atoms with E-state index in [1.807, 2.05) is 6.07 Å². The molecule has 4 heteroatoms. The lowest BCUT2D eigenvalue weighted by Crippen LogP contribution is -2.25. The molecule has 4 nitrogen and oxygen atoms in total. The van der Waals surface area contributed by atoms with Gasteiger partial charge in [0.2, 0.25) is 5.91 Å². The van der Waals surface area contributed by atoms with Crippen LogP contribution in [0.5, 0.6) is 0 Å². The van der Waals surface area contributed by atoms with E-state index in [1.54, 1.807) is 19.3 Å². The summed E-state index contributed by atoms with van der Waals surface area (Å²) in [5.41, 5.74) is 0. The Morgan fingerprint density at radius 1 is 1.73 bits per heavy atom. The summed E-state index contributed by atoms with van der Waals surface area (Å²) in [5.74, 6) is 0.681. The van der Waals surface area contributed by atoms with Crippen molar-refractivity contribution in [2.75, 3.05) is 18.9 Å². The van der Waals surface area contributed by atoms with Gasteiger partial charge in [0.25, 0.3) is 0 Å². The number of amides is 1. The number of likely N-dealkylation sites (N-methyl/N-ethyl adjacent to an activating group) is 1. The number of carbonyl (C=O) groups is 1. The molecule has 1 aromatic heterocycles. The van der Waals surface area contributed by atoms with Gasteiger partial charge in [0, 0.05) is 6.20 Å². The molecule has 0 bridgehead atoms. The smallest absolute Gasteiger partial charge is 0.239 e. The molecule has 1 rings (SSSR count). The summed E-state index contributed by atoms with van der Waals surface area (Å²) >= 11 is 0. The molecule has 1 heterocycles. The van der Waals surface area contributed by atoms with Gasteiger partial charge in [-0.25, -0.2) is 0 Å². The van der Waals surface area contributed by atoms with Gasteiger partial charge in [-0.3, -0.25) is 4.79 Å². The van der Waals surface area contributed by atoms with Gasteiger partial charge in [-0.1, -0.05) is 0 Å². The maximum atomic E-state index is 10.9. The average molecular weight is 153 g/mol. The van der Waals surface area contributed by atoms with Gasteiger partial charge in [-0.05, 0) is 19.2 Å². The zero-order valence-electron chi connectivity index (χ0n) is 6.35. The molecule has 1 aromatic rings. The first-order valence-corrected chi connectivity index (χ1v) is 3.41. The Labute approximate surface area is 65.0 Å². The Morgan fingerprint density at radius 2 is 2.55 bits per heavy atom. The van der Waals surface area contributed by atoms with Crippen LogP contribution in [-0.2, 0) is 4.79 Å². The lowest BCUT2D eigenvalue weighted by molar-refractivity contribution is -0.115. The zero-order valence-corrected chi connectivity index (χ0v) is 6.35. The Hall–Kier alpha value is -1.29. The molecule has 0 aliphatic carbocycles. The van der Waals surface area contributed by atoms with E-state index in [0.717, 1.165) is 5.82 Å². The molecular weight excluding hydrogens is 142 g/mol. The molecule has 1 amide bonds. The molecule has 0 fully saturated rings. The number of hydrogen-bond acceptors (Lipinski definition) is 2. The minimum absolute atomic E-state index is 0.0463. The van der Waals surface area contributed by atoms with E-state index in [-0.39, 0.29) is 5.91 Å². The van der Waals surface area contributed by atoms with Crippen LogP contribution in [0, 0.1) is 0 Å². The predicted molar refractivity (Wildman–Crippen MR) is 43.3 cm³/mol. The van der Waals surface area contributed by atoms with Crippen LogP contribution in [0.25, 0.3) is 0 Å². The Balaban J connectivity index is 2.37. The van der Waals surface area contributed by atoms with E-state index in [2.05, 4.69) is 15.6 Å². The largest absolute Gasteiger partial charge is 0.348 e. The van der Waals surface area contributed by atoms with Crippen molar-refractivity contribution in [1.82, 2.24) is 10.3 Å². The fourth-order valence-electron chi connectivity index (χ4n) is 0.763. The van der Waals surface area contributed by atoms with Crippen molar-refractivity contribution in [3.63, 3.8) is 0 Å². The summed E-state index contributed by atoms with van der Waals surface area (Å²) in [6.45, 7) is 0.332. The van der Waals surface area contributed by atoms with Gasteiger partial charge in [0.05, 0.1) is 6.54 Å². The number of aromatic nitrogens is 1. The van der Waals surface area contributed by atoms with Crippen LogP contribution < -0.4 is 10.6 Å². The van der Waals surface area contributed by atoms with E-state index in [4.69, 9.17) is 0 Å². The first-order valence-electron chi connectivity index (χ1n) is 3.41. The van der Waals surface area contributed by atoms with Crippen LogP contribution in [0.2, 0.25) is 0 Å². The monoisotopic (exact) mass is 153 g/mol. The minimum Gasteiger partial charge on any atom is -0.348 e. The molecule has 0 saturated carbocycles. The highest BCUT2D eigenvalue weighted by Gasteiger charge is 1.98. The van der Waals surface area contributed by atoms with E-state index >= 15 is 0 Å². The molecular formula is C7H11N3O. The lowest BCUT2D eigenvalue weighted by atomic mass is 10.5. The number of H-pyrrole nitrogens is 1. The van der Waals surface area contributed by atoms with E-state index in [9.17, 15) is 4.79 Å². The molecule has 60 valence electrons. The van der Waals surface area contributed by atoms with Gasteiger partial charge in [0.15, 0.2) is 0 Å². The SMILES string of the molecule is CNCC(=O)Nc1ccc[nH]1. The molecule has 0 aliphatic rings. The van der Waals surface area contributed by atoms with Gasteiger partial charge in [0.1, 0.15) is 5.82 Å². The van der Waals surface area contributed by atoms with Crippen molar-refractivity contribution in [2.45, 2.75) is 0 Å². The van der Waals surface area contributed by atoms with E-state index < -0.39 is 0 Å². The third-order valence-corrected chi connectivity index (χ3v) is 1.21. The second-order valence-corrected chi connectivity index (χ2v) is 2.16. The molecule has 0 aliphatic heterocycles. The normalized spacial score (nSPS) is 9.55. The summed E-state index contributed by atoms with van der Waals surface area (Å²) in [6, 6.07) is 3.63. The van der Waals surface area contributed by atoms with Crippen LogP contribution in [0.4, 0.5) is 5.82 Å². The van der Waals surface area contributed by atoms with E-state index in [0.29, 0.717) is 6.54 Å². The van der Waals surface area contributed by atoms with Crippen LogP contribution in [0.15, 0.2) is 18.3 Å². The van der Waals surface area contributed by atoms with E-state index in [1.165, 1.54) is 0 Å². The summed E-state index contributed by atoms with van der Waals surface area (Å²) in [4.78, 5) is 13.8. The molecule has 0 aromatic carbocycles. The Bertz CT molecular complexity index is 218. The van der Waals surface area contributed by atoms with Crippen molar-refractivity contribution in [1.29, 1.82) is 0 Å². The van der Waals surface area contributed by atoms with Gasteiger partial charge in [-0.2, -0.15) is 0 Å². The van der Waals surface area contributed by atoms with Crippen LogP contribution >= 0.6 is 0 Å². The van der Waals surface area contributed by atoms with Gasteiger partial charge in [-0.15, -0.1) is 0 Å². The van der Waals surface area contributed by atoms with Crippen molar-refractivity contribution in [3.05, 3.63) is 18.3 Å². The molecule has 0 saturated heterocycles. The third-order valence-electron chi connectivity index (χ3n) is 1.21. The van der Waals surface area contributed by atoms with Gasteiger partial charge < -0.3 is 15.6 Å². The highest BCUT2D eigenvalue weighted by Crippen LogP contribution is 1.99. The number of carbonyl (C=O) groups excluding carboxylic acids is 1. The highest BCUT2D eigenvalue weighted by molar-refractivity contribution is 5.91. The fourth-order valence-corrected chi connectivity index (χ4v) is 0.763. The first-order chi connectivity index (χ1) is 5.33. The van der Waals surface area contributed by atoms with Crippen molar-refractivity contribution < 1.29 is 4.79 Å². The van der Waals surface area contributed by atoms with Gasteiger partial charge >= 0.3 is 0 Å². The van der Waals surface area contributed by atoms with Crippen LogP contribution in [-0.4, -0.2) is 24.5 Å². The second-order valence-electron chi connectivity index (χ2n) is 2.16. The standard InChI is InChI=1S/C7H11N3O/c1-8-5-7(11)10-6-3-2-4-9-6/h2-4,8-9H,5H2,1H3,(H,10,11). The first kappa shape index (κ1) is 7.81. The van der Waals surface area contributed by atoms with Crippen molar-refractivity contribution >= 4 is 11.7 Å². The molecule has 0 unspecified atom stereocenters. The number of aromatic amines is 1. The van der Waals surface area contributed by atoms with Crippen molar-refractivity contribution in [2.24, 2.45) is 0 Å². The predicted octanol–water partition coefficient (Wildman–Crippen LogP) is 0.173. The Kier molecular flexibility index (Phi) is 2.68. The summed E-state index contributed by atoms with van der Waals surface area (Å²) < 4.78 is 0. The third kappa shape index (κ3) is 2.43. The molecule has 0 radical (unpaired) electrons. The number of hydrogen-bond donors (Lipinski definition) is 3. The Morgan fingerprint density at radius 3 is 3.09 bits per heavy atom. The zero-order chi connectivity index (χ0) is 8.10. The minimum atomic E-state index is -0.0463. The second kappa shape index (κ2) is 3.78. The lowest BCUT2D eigenvalue weighted by Gasteiger charge is -2.00. The molecule has 0 atom stereocenters. The summed E-state index contributed by atoms with van der Waals surface area (Å²) in [6.07, 6.45) is 1.76. The van der Waals surface area contributed by atoms with Crippen LogP contribution in [0.1, 0.15) is 0 Å². The molecule has 0 spiro atoms. The highest BCUT2D eigenvalue weighted by atomic mass is 16.1. The number of rotatable bonds is 3. The summed E-state index contributed by atoms with van der Waals surface area (Å²) in [7, 11) is 1.73. The maximum absolute atomic E-state index is 10.9. The summed E-state index contributed by atoms with van der Waals surface area (Å²) in [5, 5.41) is 5.42. The molecule has 3 N–H and O–H groups in total. The van der Waals surface area contributed by atoms with Crippen LogP contribution in [0.3, 0.4) is 0 Å². The van der Waals surface area contributed by atoms with Crippen molar-refractivity contribution in [3.8, 4) is 0 Å². The quantitative estimate of drug-likeness (QED) is 0.580. The number of nitrogens with one attached hydrogen (secondary N) is 3. The number of anilines is 1.